The van der Waals surface area contributed by atoms with Crippen molar-refractivity contribution >= 4 is 0 Å². The summed E-state index contributed by atoms with van der Waals surface area (Å²) in [6.07, 6.45) is 5.74. The van der Waals surface area contributed by atoms with Gasteiger partial charge in [0.1, 0.15) is 5.82 Å². The minimum absolute atomic E-state index is 0.126. The molecule has 0 spiro atoms. The SMILES string of the molecule is Cc1nccc(CNC2CCCC(O)C2)n1. The minimum Gasteiger partial charge on any atom is -0.393 e. The van der Waals surface area contributed by atoms with Crippen molar-refractivity contribution in [2.75, 3.05) is 0 Å². The van der Waals surface area contributed by atoms with E-state index in [0.29, 0.717) is 6.04 Å². The van der Waals surface area contributed by atoms with Gasteiger partial charge in [-0.3, -0.25) is 0 Å². The number of hydrogen-bond acceptors (Lipinski definition) is 4. The Morgan fingerprint density at radius 3 is 3.12 bits per heavy atom. The normalized spacial score (nSPS) is 25.6. The quantitative estimate of drug-likeness (QED) is 0.804. The number of nitrogens with one attached hydrogen (secondary N) is 1. The van der Waals surface area contributed by atoms with Gasteiger partial charge in [-0.15, -0.1) is 0 Å². The van der Waals surface area contributed by atoms with Crippen molar-refractivity contribution in [1.82, 2.24) is 15.3 Å². The molecule has 4 nitrogen and oxygen atoms in total. The Balaban J connectivity index is 1.82. The minimum atomic E-state index is -0.126. The third-order valence-corrected chi connectivity index (χ3v) is 3.05. The zero-order chi connectivity index (χ0) is 11.4. The molecular weight excluding hydrogens is 202 g/mol. The summed E-state index contributed by atoms with van der Waals surface area (Å²) in [6, 6.07) is 2.36. The second-order valence-corrected chi connectivity index (χ2v) is 4.49. The van der Waals surface area contributed by atoms with Crippen molar-refractivity contribution in [3.05, 3.63) is 23.8 Å². The van der Waals surface area contributed by atoms with Crippen molar-refractivity contribution in [1.29, 1.82) is 0 Å². The number of hydrogen-bond donors (Lipinski definition) is 2. The Labute approximate surface area is 96.1 Å². The molecule has 0 radical (unpaired) electrons. The number of rotatable bonds is 3. The van der Waals surface area contributed by atoms with Crippen molar-refractivity contribution in [3.63, 3.8) is 0 Å². The number of aromatic nitrogens is 2. The van der Waals surface area contributed by atoms with E-state index in [4.69, 9.17) is 0 Å². The molecule has 1 aromatic rings. The van der Waals surface area contributed by atoms with Gasteiger partial charge >= 0.3 is 0 Å². The lowest BCUT2D eigenvalue weighted by molar-refractivity contribution is 0.111. The van der Waals surface area contributed by atoms with Gasteiger partial charge in [0, 0.05) is 18.8 Å². The Kier molecular flexibility index (Phi) is 3.85. The van der Waals surface area contributed by atoms with Crippen LogP contribution in [0.15, 0.2) is 12.3 Å². The molecule has 88 valence electrons. The van der Waals surface area contributed by atoms with Crippen molar-refractivity contribution in [3.8, 4) is 0 Å². The second kappa shape index (κ2) is 5.37. The molecule has 2 unspecified atom stereocenters. The summed E-state index contributed by atoms with van der Waals surface area (Å²) in [5.74, 6) is 0.808. The van der Waals surface area contributed by atoms with E-state index in [1.807, 2.05) is 13.0 Å². The molecule has 16 heavy (non-hydrogen) atoms. The summed E-state index contributed by atoms with van der Waals surface area (Å²) in [5, 5.41) is 13.0. The van der Waals surface area contributed by atoms with E-state index in [1.165, 1.54) is 0 Å². The van der Waals surface area contributed by atoms with Crippen LogP contribution in [0.25, 0.3) is 0 Å². The molecular formula is C12H19N3O. The van der Waals surface area contributed by atoms with Gasteiger partial charge in [0.05, 0.1) is 11.8 Å². The highest BCUT2D eigenvalue weighted by molar-refractivity contribution is 5.01. The Morgan fingerprint density at radius 2 is 2.38 bits per heavy atom. The van der Waals surface area contributed by atoms with E-state index < -0.39 is 0 Å². The molecule has 0 aliphatic heterocycles. The van der Waals surface area contributed by atoms with Gasteiger partial charge in [0.25, 0.3) is 0 Å². The van der Waals surface area contributed by atoms with Gasteiger partial charge < -0.3 is 10.4 Å². The molecule has 1 aliphatic rings. The van der Waals surface area contributed by atoms with Crippen molar-refractivity contribution in [2.45, 2.75) is 51.3 Å². The molecule has 1 heterocycles. The number of aliphatic hydroxyl groups is 1. The molecule has 0 aromatic carbocycles. The average Bonchev–Trinajstić information content (AvgIpc) is 2.27. The monoisotopic (exact) mass is 221 g/mol. The second-order valence-electron chi connectivity index (χ2n) is 4.49. The molecule has 2 rings (SSSR count). The molecule has 0 saturated heterocycles. The summed E-state index contributed by atoms with van der Waals surface area (Å²) < 4.78 is 0. The summed E-state index contributed by atoms with van der Waals surface area (Å²) in [6.45, 7) is 2.66. The Morgan fingerprint density at radius 1 is 1.50 bits per heavy atom. The third-order valence-electron chi connectivity index (χ3n) is 3.05. The molecule has 2 N–H and O–H groups in total. The molecule has 1 fully saturated rings. The molecule has 1 aromatic heterocycles. The fourth-order valence-electron chi connectivity index (χ4n) is 2.20. The number of aliphatic hydroxyl groups excluding tert-OH is 1. The van der Waals surface area contributed by atoms with E-state index in [1.54, 1.807) is 6.20 Å². The zero-order valence-corrected chi connectivity index (χ0v) is 9.69. The largest absolute Gasteiger partial charge is 0.393 e. The van der Waals surface area contributed by atoms with Crippen LogP contribution in [0, 0.1) is 6.92 Å². The molecule has 0 bridgehead atoms. The van der Waals surface area contributed by atoms with Crippen LogP contribution in [0.3, 0.4) is 0 Å². The van der Waals surface area contributed by atoms with Crippen LogP contribution in [0.5, 0.6) is 0 Å². The highest BCUT2D eigenvalue weighted by atomic mass is 16.3. The maximum Gasteiger partial charge on any atom is 0.125 e. The first-order valence-corrected chi connectivity index (χ1v) is 5.94. The lowest BCUT2D eigenvalue weighted by Crippen LogP contribution is -2.35. The topological polar surface area (TPSA) is 58.0 Å². The lowest BCUT2D eigenvalue weighted by Gasteiger charge is -2.26. The van der Waals surface area contributed by atoms with Gasteiger partial charge in [-0.25, -0.2) is 9.97 Å². The fraction of sp³-hybridized carbons (Fsp3) is 0.667. The van der Waals surface area contributed by atoms with Crippen LogP contribution in [-0.4, -0.2) is 27.2 Å². The number of aryl methyl sites for hydroxylation is 1. The van der Waals surface area contributed by atoms with Gasteiger partial charge in [-0.05, 0) is 38.7 Å². The first-order chi connectivity index (χ1) is 7.74. The maximum absolute atomic E-state index is 9.56. The van der Waals surface area contributed by atoms with Gasteiger partial charge in [-0.2, -0.15) is 0 Å². The highest BCUT2D eigenvalue weighted by Crippen LogP contribution is 2.18. The van der Waals surface area contributed by atoms with Gasteiger partial charge in [0.2, 0.25) is 0 Å². The van der Waals surface area contributed by atoms with Crippen LogP contribution >= 0.6 is 0 Å². The van der Waals surface area contributed by atoms with Gasteiger partial charge in [-0.1, -0.05) is 0 Å². The molecule has 0 amide bonds. The van der Waals surface area contributed by atoms with Crippen molar-refractivity contribution < 1.29 is 5.11 Å². The molecule has 2 atom stereocenters. The van der Waals surface area contributed by atoms with Crippen molar-refractivity contribution in [2.24, 2.45) is 0 Å². The van der Waals surface area contributed by atoms with E-state index in [0.717, 1.165) is 43.7 Å². The molecule has 4 heteroatoms. The van der Waals surface area contributed by atoms with E-state index in [2.05, 4.69) is 15.3 Å². The first-order valence-electron chi connectivity index (χ1n) is 5.94. The predicted molar refractivity (Wildman–Crippen MR) is 61.9 cm³/mol. The van der Waals surface area contributed by atoms with E-state index in [-0.39, 0.29) is 6.10 Å². The average molecular weight is 221 g/mol. The first kappa shape index (κ1) is 11.5. The predicted octanol–water partition coefficient (Wildman–Crippen LogP) is 1.18. The summed E-state index contributed by atoms with van der Waals surface area (Å²) >= 11 is 0. The van der Waals surface area contributed by atoms with Crippen LogP contribution in [0.1, 0.15) is 37.2 Å². The summed E-state index contributed by atoms with van der Waals surface area (Å²) in [7, 11) is 0. The number of nitrogens with zero attached hydrogens (tertiary/aromatic N) is 2. The Hall–Kier alpha value is -1.00. The third kappa shape index (κ3) is 3.25. The molecule has 1 aliphatic carbocycles. The van der Waals surface area contributed by atoms with Crippen LogP contribution in [0.4, 0.5) is 0 Å². The Bertz CT molecular complexity index is 343. The summed E-state index contributed by atoms with van der Waals surface area (Å²) in [4.78, 5) is 8.41. The zero-order valence-electron chi connectivity index (χ0n) is 9.69. The standard InChI is InChI=1S/C12H19N3O/c1-9-13-6-5-11(15-9)8-14-10-3-2-4-12(16)7-10/h5-6,10,12,14,16H,2-4,7-8H2,1H3. The van der Waals surface area contributed by atoms with Crippen LogP contribution in [0.2, 0.25) is 0 Å². The van der Waals surface area contributed by atoms with Crippen LogP contribution in [-0.2, 0) is 6.54 Å². The maximum atomic E-state index is 9.56. The molecule has 1 saturated carbocycles. The highest BCUT2D eigenvalue weighted by Gasteiger charge is 2.19. The summed E-state index contributed by atoms with van der Waals surface area (Å²) in [5.41, 5.74) is 1.02. The smallest absolute Gasteiger partial charge is 0.125 e. The van der Waals surface area contributed by atoms with Crippen LogP contribution < -0.4 is 5.32 Å². The lowest BCUT2D eigenvalue weighted by atomic mass is 9.93. The van der Waals surface area contributed by atoms with E-state index in [9.17, 15) is 5.11 Å². The fourth-order valence-corrected chi connectivity index (χ4v) is 2.20. The van der Waals surface area contributed by atoms with Gasteiger partial charge in [0.15, 0.2) is 0 Å². The van der Waals surface area contributed by atoms with E-state index >= 15 is 0 Å².